The van der Waals surface area contributed by atoms with Gasteiger partial charge in [0.15, 0.2) is 0 Å². The molecule has 0 amide bonds. The van der Waals surface area contributed by atoms with Crippen LogP contribution in [-0.2, 0) is 6.42 Å². The number of nitrogens with one attached hydrogen (secondary N) is 1. The minimum atomic E-state index is 0.650. The van der Waals surface area contributed by atoms with Crippen LogP contribution < -0.4 is 5.32 Å². The van der Waals surface area contributed by atoms with Gasteiger partial charge in [-0.15, -0.1) is 0 Å². The second kappa shape index (κ2) is 6.73. The topological polar surface area (TPSA) is 37.8 Å². The molecule has 1 fully saturated rings. The van der Waals surface area contributed by atoms with E-state index in [0.29, 0.717) is 5.92 Å². The van der Waals surface area contributed by atoms with E-state index in [2.05, 4.69) is 59.1 Å². The lowest BCUT2D eigenvalue weighted by Gasteiger charge is -2.12. The largest absolute Gasteiger partial charge is 0.369 e. The summed E-state index contributed by atoms with van der Waals surface area (Å²) in [6.45, 7) is 3.13. The molecule has 110 valence electrons. The highest BCUT2D eigenvalue weighted by atomic mass is 127. The van der Waals surface area contributed by atoms with Gasteiger partial charge in [-0.1, -0.05) is 37.3 Å². The van der Waals surface area contributed by atoms with E-state index in [9.17, 15) is 0 Å². The molecule has 0 aliphatic heterocycles. The fraction of sp³-hybridized carbons (Fsp3) is 0.412. The number of hydrogen-bond acceptors (Lipinski definition) is 3. The standard InChI is InChI=1S/C17H20IN3/c1-2-10-19-17-15(18)16(13-8-9-13)20-14(21-17)11-12-6-4-3-5-7-12/h3-7,13H,2,8-11H2,1H3,(H,19,20,21). The van der Waals surface area contributed by atoms with E-state index in [4.69, 9.17) is 9.97 Å². The molecule has 0 spiro atoms. The maximum absolute atomic E-state index is 4.84. The number of anilines is 1. The fourth-order valence-electron chi connectivity index (χ4n) is 2.36. The molecule has 0 unspecified atom stereocenters. The molecule has 1 aromatic heterocycles. The summed E-state index contributed by atoms with van der Waals surface area (Å²) in [6, 6.07) is 10.5. The molecule has 1 aliphatic rings. The van der Waals surface area contributed by atoms with Gasteiger partial charge in [-0.2, -0.15) is 0 Å². The summed E-state index contributed by atoms with van der Waals surface area (Å²) >= 11 is 2.40. The summed E-state index contributed by atoms with van der Waals surface area (Å²) < 4.78 is 1.21. The monoisotopic (exact) mass is 393 g/mol. The minimum Gasteiger partial charge on any atom is -0.369 e. The number of hydrogen-bond donors (Lipinski definition) is 1. The fourth-order valence-corrected chi connectivity index (χ4v) is 3.23. The molecule has 21 heavy (non-hydrogen) atoms. The molecule has 3 nitrogen and oxygen atoms in total. The molecule has 0 atom stereocenters. The molecule has 0 bridgehead atoms. The van der Waals surface area contributed by atoms with Gasteiger partial charge in [-0.3, -0.25) is 0 Å². The molecule has 1 aromatic carbocycles. The lowest BCUT2D eigenvalue weighted by molar-refractivity contribution is 0.877. The van der Waals surface area contributed by atoms with Crippen molar-refractivity contribution in [3.8, 4) is 0 Å². The smallest absolute Gasteiger partial charge is 0.143 e. The maximum atomic E-state index is 4.84. The molecule has 1 N–H and O–H groups in total. The lowest BCUT2D eigenvalue weighted by Crippen LogP contribution is -2.10. The van der Waals surface area contributed by atoms with Gasteiger partial charge in [-0.05, 0) is 47.4 Å². The Morgan fingerprint density at radius 2 is 1.95 bits per heavy atom. The van der Waals surface area contributed by atoms with Crippen molar-refractivity contribution < 1.29 is 0 Å². The second-order valence-corrected chi connectivity index (χ2v) is 6.63. The first-order valence-electron chi connectivity index (χ1n) is 7.62. The van der Waals surface area contributed by atoms with Gasteiger partial charge in [0.2, 0.25) is 0 Å². The molecular formula is C17H20IN3. The van der Waals surface area contributed by atoms with Crippen LogP contribution in [0.4, 0.5) is 5.82 Å². The van der Waals surface area contributed by atoms with Crippen LogP contribution in [0, 0.1) is 3.57 Å². The Hall–Kier alpha value is -1.17. The first-order chi connectivity index (χ1) is 10.3. The van der Waals surface area contributed by atoms with Crippen LogP contribution in [0.1, 0.15) is 49.2 Å². The van der Waals surface area contributed by atoms with E-state index in [1.165, 1.54) is 27.7 Å². The van der Waals surface area contributed by atoms with Crippen molar-refractivity contribution in [1.29, 1.82) is 0 Å². The summed E-state index contributed by atoms with van der Waals surface area (Å²) in [6.07, 6.45) is 4.45. The Bertz CT molecular complexity index is 609. The Labute approximate surface area is 139 Å². The van der Waals surface area contributed by atoms with Crippen LogP contribution in [0.2, 0.25) is 0 Å². The Kier molecular flexibility index (Phi) is 4.73. The molecule has 3 rings (SSSR count). The second-order valence-electron chi connectivity index (χ2n) is 5.55. The van der Waals surface area contributed by atoms with E-state index in [0.717, 1.165) is 31.0 Å². The highest BCUT2D eigenvalue weighted by molar-refractivity contribution is 14.1. The maximum Gasteiger partial charge on any atom is 0.143 e. The van der Waals surface area contributed by atoms with Gasteiger partial charge in [0, 0.05) is 18.9 Å². The molecule has 0 saturated heterocycles. The number of benzene rings is 1. The molecule has 2 aromatic rings. The van der Waals surface area contributed by atoms with Gasteiger partial charge < -0.3 is 5.32 Å². The third-order valence-electron chi connectivity index (χ3n) is 3.63. The van der Waals surface area contributed by atoms with E-state index in [1.54, 1.807) is 0 Å². The predicted octanol–water partition coefficient (Wildman–Crippen LogP) is 4.37. The normalized spacial score (nSPS) is 14.2. The number of halogens is 1. The third-order valence-corrected chi connectivity index (χ3v) is 4.70. The Balaban J connectivity index is 1.90. The van der Waals surface area contributed by atoms with Crippen molar-refractivity contribution in [2.45, 2.75) is 38.5 Å². The molecular weight excluding hydrogens is 373 g/mol. The van der Waals surface area contributed by atoms with Crippen LogP contribution in [0.3, 0.4) is 0 Å². The van der Waals surface area contributed by atoms with Crippen molar-refractivity contribution in [3.63, 3.8) is 0 Å². The van der Waals surface area contributed by atoms with Crippen molar-refractivity contribution >= 4 is 28.4 Å². The van der Waals surface area contributed by atoms with Crippen molar-refractivity contribution in [2.24, 2.45) is 0 Å². The van der Waals surface area contributed by atoms with Gasteiger partial charge in [0.25, 0.3) is 0 Å². The minimum absolute atomic E-state index is 0.650. The zero-order valence-corrected chi connectivity index (χ0v) is 14.4. The summed E-state index contributed by atoms with van der Waals surface area (Å²) in [7, 11) is 0. The summed E-state index contributed by atoms with van der Waals surface area (Å²) in [5, 5.41) is 3.45. The number of aromatic nitrogens is 2. The number of rotatable bonds is 6. The van der Waals surface area contributed by atoms with E-state index in [-0.39, 0.29) is 0 Å². The van der Waals surface area contributed by atoms with Gasteiger partial charge in [-0.25, -0.2) is 9.97 Å². The van der Waals surface area contributed by atoms with Crippen LogP contribution in [0.5, 0.6) is 0 Å². The van der Waals surface area contributed by atoms with Crippen LogP contribution in [0.25, 0.3) is 0 Å². The van der Waals surface area contributed by atoms with Crippen molar-refractivity contribution in [2.75, 3.05) is 11.9 Å². The highest BCUT2D eigenvalue weighted by Gasteiger charge is 2.29. The van der Waals surface area contributed by atoms with Crippen LogP contribution in [-0.4, -0.2) is 16.5 Å². The van der Waals surface area contributed by atoms with Crippen LogP contribution >= 0.6 is 22.6 Å². The molecule has 0 radical (unpaired) electrons. The molecule has 1 heterocycles. The Morgan fingerprint density at radius 1 is 1.19 bits per heavy atom. The highest BCUT2D eigenvalue weighted by Crippen LogP contribution is 2.42. The molecule has 4 heteroatoms. The molecule has 1 aliphatic carbocycles. The average molecular weight is 393 g/mol. The van der Waals surface area contributed by atoms with E-state index in [1.807, 2.05) is 6.07 Å². The first kappa shape index (κ1) is 14.8. The average Bonchev–Trinajstić information content (AvgIpc) is 3.33. The van der Waals surface area contributed by atoms with Crippen molar-refractivity contribution in [3.05, 3.63) is 51.0 Å². The SMILES string of the molecule is CCCNc1nc(Cc2ccccc2)nc(C2CC2)c1I. The quantitative estimate of drug-likeness (QED) is 0.741. The first-order valence-corrected chi connectivity index (χ1v) is 8.70. The van der Waals surface area contributed by atoms with Gasteiger partial charge in [0.05, 0.1) is 9.26 Å². The van der Waals surface area contributed by atoms with E-state index >= 15 is 0 Å². The van der Waals surface area contributed by atoms with Gasteiger partial charge >= 0.3 is 0 Å². The van der Waals surface area contributed by atoms with Crippen molar-refractivity contribution in [1.82, 2.24) is 9.97 Å². The van der Waals surface area contributed by atoms with Crippen LogP contribution in [0.15, 0.2) is 30.3 Å². The zero-order chi connectivity index (χ0) is 14.7. The van der Waals surface area contributed by atoms with Gasteiger partial charge in [0.1, 0.15) is 11.6 Å². The number of nitrogens with zero attached hydrogens (tertiary/aromatic N) is 2. The predicted molar refractivity (Wildman–Crippen MR) is 94.8 cm³/mol. The lowest BCUT2D eigenvalue weighted by atomic mass is 10.1. The Morgan fingerprint density at radius 3 is 2.62 bits per heavy atom. The zero-order valence-electron chi connectivity index (χ0n) is 12.3. The van der Waals surface area contributed by atoms with E-state index < -0.39 is 0 Å². The summed E-state index contributed by atoms with van der Waals surface area (Å²) in [5.41, 5.74) is 2.51. The summed E-state index contributed by atoms with van der Waals surface area (Å²) in [5.74, 6) is 2.60. The summed E-state index contributed by atoms with van der Waals surface area (Å²) in [4.78, 5) is 9.59. The molecule has 1 saturated carbocycles. The third kappa shape index (κ3) is 3.73.